The average molecular weight is 412 g/mol. The standard InChI is InChI=1S/C19H18F2N8O/c1-11-13(9-28(2)26-11)14-6-7-17(24-23-14)30-10-16-18(25-27-29(16)3)15-5-4-12(8-22-15)19(20)21/h4-9,19H,10H2,1-3H3. The Bertz CT molecular complexity index is 1150. The van der Waals surface area contributed by atoms with E-state index in [1.807, 2.05) is 20.2 Å². The molecule has 4 heterocycles. The number of hydrogen-bond donors (Lipinski definition) is 0. The highest BCUT2D eigenvalue weighted by Crippen LogP contribution is 2.24. The summed E-state index contributed by atoms with van der Waals surface area (Å²) >= 11 is 0. The molecule has 0 spiro atoms. The molecule has 9 nitrogen and oxygen atoms in total. The van der Waals surface area contributed by atoms with Crippen molar-refractivity contribution in [1.29, 1.82) is 0 Å². The topological polar surface area (TPSA) is 96.4 Å². The Hall–Kier alpha value is -3.76. The monoisotopic (exact) mass is 412 g/mol. The molecule has 0 aliphatic rings. The van der Waals surface area contributed by atoms with Gasteiger partial charge < -0.3 is 4.74 Å². The van der Waals surface area contributed by atoms with Gasteiger partial charge in [0.1, 0.15) is 18.0 Å². The fourth-order valence-electron chi connectivity index (χ4n) is 2.95. The molecule has 0 bridgehead atoms. The van der Waals surface area contributed by atoms with Gasteiger partial charge in [0.15, 0.2) is 0 Å². The van der Waals surface area contributed by atoms with E-state index in [1.54, 1.807) is 28.5 Å². The lowest BCUT2D eigenvalue weighted by molar-refractivity contribution is 0.151. The summed E-state index contributed by atoms with van der Waals surface area (Å²) in [5.41, 5.74) is 3.80. The predicted molar refractivity (Wildman–Crippen MR) is 102 cm³/mol. The normalized spacial score (nSPS) is 11.3. The summed E-state index contributed by atoms with van der Waals surface area (Å²) in [6.45, 7) is 2.01. The molecule has 4 aromatic rings. The van der Waals surface area contributed by atoms with E-state index in [1.165, 1.54) is 12.1 Å². The smallest absolute Gasteiger partial charge is 0.265 e. The number of aromatic nitrogens is 8. The lowest BCUT2D eigenvalue weighted by Gasteiger charge is -2.07. The second-order valence-corrected chi connectivity index (χ2v) is 6.63. The molecule has 0 aliphatic carbocycles. The van der Waals surface area contributed by atoms with Crippen LogP contribution in [0.4, 0.5) is 8.78 Å². The highest BCUT2D eigenvalue weighted by atomic mass is 19.3. The van der Waals surface area contributed by atoms with Crippen molar-refractivity contribution < 1.29 is 13.5 Å². The molecule has 11 heteroatoms. The van der Waals surface area contributed by atoms with Gasteiger partial charge in [-0.15, -0.1) is 15.3 Å². The van der Waals surface area contributed by atoms with Gasteiger partial charge in [0.05, 0.1) is 17.1 Å². The highest BCUT2D eigenvalue weighted by molar-refractivity contribution is 5.60. The number of alkyl halides is 2. The quantitative estimate of drug-likeness (QED) is 0.480. The zero-order valence-electron chi connectivity index (χ0n) is 16.5. The molecule has 0 radical (unpaired) electrons. The van der Waals surface area contributed by atoms with Crippen LogP contribution in [-0.2, 0) is 20.7 Å². The summed E-state index contributed by atoms with van der Waals surface area (Å²) < 4.78 is 34.5. The number of nitrogens with zero attached hydrogens (tertiary/aromatic N) is 8. The first-order valence-corrected chi connectivity index (χ1v) is 9.02. The van der Waals surface area contributed by atoms with Crippen molar-refractivity contribution in [3.8, 4) is 28.5 Å². The summed E-state index contributed by atoms with van der Waals surface area (Å²) in [6, 6.07) is 6.32. The molecule has 0 fully saturated rings. The largest absolute Gasteiger partial charge is 0.470 e. The summed E-state index contributed by atoms with van der Waals surface area (Å²) in [6.07, 6.45) is 0.428. The lowest BCUT2D eigenvalue weighted by Crippen LogP contribution is -2.06. The Morgan fingerprint density at radius 1 is 1.03 bits per heavy atom. The Kier molecular flexibility index (Phi) is 5.17. The molecule has 0 N–H and O–H groups in total. The molecule has 0 saturated carbocycles. The predicted octanol–water partition coefficient (Wildman–Crippen LogP) is 2.89. The van der Waals surface area contributed by atoms with Crippen LogP contribution in [0.2, 0.25) is 0 Å². The molecule has 4 rings (SSSR count). The first kappa shape index (κ1) is 19.6. The van der Waals surface area contributed by atoms with Crippen molar-refractivity contribution in [3.05, 3.63) is 53.6 Å². The molecular weight excluding hydrogens is 394 g/mol. The van der Waals surface area contributed by atoms with Crippen LogP contribution in [0.3, 0.4) is 0 Å². The molecule has 30 heavy (non-hydrogen) atoms. The van der Waals surface area contributed by atoms with Crippen LogP contribution in [-0.4, -0.2) is 40.0 Å². The summed E-state index contributed by atoms with van der Waals surface area (Å²) in [4.78, 5) is 4.07. The van der Waals surface area contributed by atoms with E-state index in [-0.39, 0.29) is 12.2 Å². The van der Waals surface area contributed by atoms with Gasteiger partial charge in [-0.1, -0.05) is 5.21 Å². The van der Waals surface area contributed by atoms with Crippen LogP contribution in [0.5, 0.6) is 5.88 Å². The van der Waals surface area contributed by atoms with Gasteiger partial charge in [-0.3, -0.25) is 9.67 Å². The van der Waals surface area contributed by atoms with Crippen molar-refractivity contribution in [2.24, 2.45) is 14.1 Å². The summed E-state index contributed by atoms with van der Waals surface area (Å²) in [5.74, 6) is 0.327. The number of rotatable bonds is 6. The van der Waals surface area contributed by atoms with Gasteiger partial charge in [-0.05, 0) is 25.1 Å². The fraction of sp³-hybridized carbons (Fsp3) is 0.263. The Balaban J connectivity index is 1.50. The van der Waals surface area contributed by atoms with Gasteiger partial charge in [0.25, 0.3) is 6.43 Å². The molecule has 0 aromatic carbocycles. The van der Waals surface area contributed by atoms with Crippen LogP contribution >= 0.6 is 0 Å². The third-order valence-corrected chi connectivity index (χ3v) is 4.51. The number of pyridine rings is 1. The molecule has 154 valence electrons. The van der Waals surface area contributed by atoms with E-state index in [0.717, 1.165) is 17.5 Å². The molecule has 0 amide bonds. The van der Waals surface area contributed by atoms with Crippen LogP contribution in [0, 0.1) is 6.92 Å². The Morgan fingerprint density at radius 3 is 2.43 bits per heavy atom. The van der Waals surface area contributed by atoms with Crippen molar-refractivity contribution in [2.45, 2.75) is 20.0 Å². The van der Waals surface area contributed by atoms with Crippen molar-refractivity contribution in [2.75, 3.05) is 0 Å². The van der Waals surface area contributed by atoms with Crippen LogP contribution in [0.25, 0.3) is 22.6 Å². The minimum Gasteiger partial charge on any atom is -0.470 e. The zero-order valence-corrected chi connectivity index (χ0v) is 16.5. The third-order valence-electron chi connectivity index (χ3n) is 4.51. The first-order chi connectivity index (χ1) is 14.4. The summed E-state index contributed by atoms with van der Waals surface area (Å²) in [7, 11) is 3.56. The van der Waals surface area contributed by atoms with Gasteiger partial charge in [-0.2, -0.15) is 5.10 Å². The SMILES string of the molecule is Cc1nn(C)cc1-c1ccc(OCc2c(-c3ccc(C(F)F)cn3)nnn2C)nn1. The average Bonchev–Trinajstić information content (AvgIpc) is 3.28. The van der Waals surface area contributed by atoms with E-state index in [2.05, 4.69) is 30.6 Å². The number of aryl methyl sites for hydroxylation is 3. The third kappa shape index (κ3) is 3.86. The van der Waals surface area contributed by atoms with E-state index in [4.69, 9.17) is 4.74 Å². The molecule has 0 aliphatic heterocycles. The van der Waals surface area contributed by atoms with E-state index >= 15 is 0 Å². The van der Waals surface area contributed by atoms with Crippen LogP contribution in [0.1, 0.15) is 23.4 Å². The molecule has 0 atom stereocenters. The maximum Gasteiger partial charge on any atom is 0.265 e. The van der Waals surface area contributed by atoms with Crippen molar-refractivity contribution in [3.63, 3.8) is 0 Å². The number of halogens is 2. The maximum atomic E-state index is 12.7. The lowest BCUT2D eigenvalue weighted by atomic mass is 10.2. The van der Waals surface area contributed by atoms with Crippen molar-refractivity contribution >= 4 is 0 Å². The highest BCUT2D eigenvalue weighted by Gasteiger charge is 2.17. The number of hydrogen-bond acceptors (Lipinski definition) is 7. The first-order valence-electron chi connectivity index (χ1n) is 9.02. The molecule has 0 saturated heterocycles. The fourth-order valence-corrected chi connectivity index (χ4v) is 2.95. The minimum atomic E-state index is -2.58. The van der Waals surface area contributed by atoms with E-state index in [0.29, 0.717) is 28.7 Å². The van der Waals surface area contributed by atoms with Gasteiger partial charge in [0.2, 0.25) is 5.88 Å². The van der Waals surface area contributed by atoms with Gasteiger partial charge in [-0.25, -0.2) is 13.5 Å². The summed E-state index contributed by atoms with van der Waals surface area (Å²) in [5, 5.41) is 20.7. The van der Waals surface area contributed by atoms with E-state index < -0.39 is 6.43 Å². The van der Waals surface area contributed by atoms with Crippen LogP contribution in [0.15, 0.2) is 36.7 Å². The minimum absolute atomic E-state index is 0.108. The molecule has 0 unspecified atom stereocenters. The van der Waals surface area contributed by atoms with Gasteiger partial charge >= 0.3 is 0 Å². The number of ether oxygens (including phenoxy) is 1. The Labute approximate surface area is 170 Å². The second kappa shape index (κ2) is 7.93. The van der Waals surface area contributed by atoms with E-state index in [9.17, 15) is 8.78 Å². The molecule has 4 aromatic heterocycles. The second-order valence-electron chi connectivity index (χ2n) is 6.63. The van der Waals surface area contributed by atoms with Gasteiger partial charge in [0, 0.05) is 43.7 Å². The zero-order chi connectivity index (χ0) is 21.3. The van der Waals surface area contributed by atoms with Crippen LogP contribution < -0.4 is 4.74 Å². The Morgan fingerprint density at radius 2 is 1.83 bits per heavy atom. The van der Waals surface area contributed by atoms with Crippen molar-refractivity contribution in [1.82, 2.24) is 40.0 Å². The molecular formula is C19H18F2N8O. The maximum absolute atomic E-state index is 12.7.